The molecular weight excluding hydrogens is 227 g/mol. The highest BCUT2D eigenvalue weighted by Crippen LogP contribution is 2.38. The predicted molar refractivity (Wildman–Crippen MR) is 59.4 cm³/mol. The second kappa shape index (κ2) is 4.12. The molecular formula is C11H11FN2O3. The van der Waals surface area contributed by atoms with E-state index in [2.05, 4.69) is 0 Å². The molecule has 2 rings (SSSR count). The van der Waals surface area contributed by atoms with Gasteiger partial charge < -0.3 is 4.90 Å². The Morgan fingerprint density at radius 1 is 1.59 bits per heavy atom. The quantitative estimate of drug-likeness (QED) is 0.450. The minimum atomic E-state index is -0.656. The first-order valence-electron chi connectivity index (χ1n) is 5.25. The lowest BCUT2D eigenvalue weighted by atomic mass is 9.96. The first kappa shape index (κ1) is 11.5. The maximum Gasteiger partial charge on any atom is 0.296 e. The number of rotatable bonds is 2. The van der Waals surface area contributed by atoms with Crippen molar-refractivity contribution in [3.63, 3.8) is 0 Å². The Kier molecular flexibility index (Phi) is 2.79. The second-order valence-corrected chi connectivity index (χ2v) is 4.09. The van der Waals surface area contributed by atoms with Crippen LogP contribution in [0, 0.1) is 15.9 Å². The highest BCUT2D eigenvalue weighted by atomic mass is 19.1. The van der Waals surface area contributed by atoms with Gasteiger partial charge in [0.25, 0.3) is 5.69 Å². The third kappa shape index (κ3) is 1.86. The summed E-state index contributed by atoms with van der Waals surface area (Å²) in [5.74, 6) is -0.643. The first-order valence-corrected chi connectivity index (χ1v) is 5.25. The Balaban J connectivity index is 2.66. The van der Waals surface area contributed by atoms with Crippen LogP contribution in [0.1, 0.15) is 18.9 Å². The van der Waals surface area contributed by atoms with Gasteiger partial charge in [-0.1, -0.05) is 0 Å². The minimum Gasteiger partial charge on any atom is -0.306 e. The fraction of sp³-hybridized carbons (Fsp3) is 0.364. The molecule has 1 aromatic rings. The van der Waals surface area contributed by atoms with Gasteiger partial charge in [-0.15, -0.1) is 0 Å². The van der Waals surface area contributed by atoms with Crippen molar-refractivity contribution in [2.75, 3.05) is 4.90 Å². The van der Waals surface area contributed by atoms with Crippen LogP contribution in [0.25, 0.3) is 0 Å². The van der Waals surface area contributed by atoms with Gasteiger partial charge in [0.15, 0.2) is 0 Å². The van der Waals surface area contributed by atoms with Gasteiger partial charge in [-0.05, 0) is 31.4 Å². The smallest absolute Gasteiger partial charge is 0.296 e. The third-order valence-corrected chi connectivity index (χ3v) is 3.01. The molecule has 17 heavy (non-hydrogen) atoms. The van der Waals surface area contributed by atoms with E-state index in [0.29, 0.717) is 24.8 Å². The molecule has 0 fully saturated rings. The monoisotopic (exact) mass is 238 g/mol. The van der Waals surface area contributed by atoms with Crippen molar-refractivity contribution in [1.29, 1.82) is 0 Å². The van der Waals surface area contributed by atoms with Crippen LogP contribution in [0.15, 0.2) is 12.1 Å². The number of benzene rings is 1. The number of nitro groups is 1. The summed E-state index contributed by atoms with van der Waals surface area (Å²) in [5.41, 5.74) is 0.394. The van der Waals surface area contributed by atoms with Gasteiger partial charge in [-0.3, -0.25) is 14.9 Å². The fourth-order valence-corrected chi connectivity index (χ4v) is 2.15. The summed E-state index contributed by atoms with van der Waals surface area (Å²) in [6.45, 7) is 1.81. The molecule has 0 aromatic heterocycles. The van der Waals surface area contributed by atoms with Crippen LogP contribution in [0.2, 0.25) is 0 Å². The lowest BCUT2D eigenvalue weighted by Crippen LogP contribution is -2.36. The molecule has 5 nitrogen and oxygen atoms in total. The number of carbonyl (C=O) groups is 1. The average molecular weight is 238 g/mol. The molecule has 0 saturated carbocycles. The van der Waals surface area contributed by atoms with Crippen LogP contribution in [0.4, 0.5) is 15.8 Å². The molecule has 1 heterocycles. The highest BCUT2D eigenvalue weighted by Gasteiger charge is 2.31. The standard InChI is InChI=1S/C11H11FN2O3/c1-7-2-3-8-4-9(12)5-10(14(16)17)11(8)13(7)6-15/h4-7H,2-3H2,1H3/t7-/m1/s1. The molecule has 0 saturated heterocycles. The van der Waals surface area contributed by atoms with E-state index in [0.717, 1.165) is 6.07 Å². The Bertz CT molecular complexity index is 490. The summed E-state index contributed by atoms with van der Waals surface area (Å²) in [6, 6.07) is 2.00. The summed E-state index contributed by atoms with van der Waals surface area (Å²) in [4.78, 5) is 22.5. The maximum absolute atomic E-state index is 13.2. The van der Waals surface area contributed by atoms with E-state index in [1.807, 2.05) is 6.92 Å². The zero-order chi connectivity index (χ0) is 12.6. The summed E-state index contributed by atoms with van der Waals surface area (Å²) >= 11 is 0. The van der Waals surface area contributed by atoms with Crippen LogP contribution in [0.5, 0.6) is 0 Å². The average Bonchev–Trinajstić information content (AvgIpc) is 2.28. The van der Waals surface area contributed by atoms with Crippen molar-refractivity contribution >= 4 is 17.8 Å². The Morgan fingerprint density at radius 3 is 2.88 bits per heavy atom. The minimum absolute atomic E-state index is 0.107. The SMILES string of the molecule is C[C@@H]1CCc2cc(F)cc([N+](=O)[O-])c2N1C=O. The van der Waals surface area contributed by atoms with Crippen LogP contribution < -0.4 is 4.90 Å². The van der Waals surface area contributed by atoms with Gasteiger partial charge >= 0.3 is 0 Å². The lowest BCUT2D eigenvalue weighted by Gasteiger charge is -2.31. The van der Waals surface area contributed by atoms with Gasteiger partial charge in [0.1, 0.15) is 11.5 Å². The molecule has 1 aromatic carbocycles. The van der Waals surface area contributed by atoms with Gasteiger partial charge in [0.2, 0.25) is 6.41 Å². The number of anilines is 1. The lowest BCUT2D eigenvalue weighted by molar-refractivity contribution is -0.384. The molecule has 0 unspecified atom stereocenters. The van der Waals surface area contributed by atoms with Crippen LogP contribution >= 0.6 is 0 Å². The molecule has 6 heteroatoms. The number of amides is 1. The third-order valence-electron chi connectivity index (χ3n) is 3.01. The summed E-state index contributed by atoms with van der Waals surface area (Å²) in [5, 5.41) is 10.9. The van der Waals surface area contributed by atoms with Crippen LogP contribution in [-0.2, 0) is 11.2 Å². The van der Waals surface area contributed by atoms with E-state index in [1.165, 1.54) is 11.0 Å². The first-order chi connectivity index (χ1) is 8.04. The van der Waals surface area contributed by atoms with Crippen molar-refractivity contribution in [3.8, 4) is 0 Å². The molecule has 0 N–H and O–H groups in total. The highest BCUT2D eigenvalue weighted by molar-refractivity contribution is 5.84. The molecule has 90 valence electrons. The predicted octanol–water partition coefficient (Wildman–Crippen LogP) is 2.03. The Hall–Kier alpha value is -1.98. The molecule has 1 aliphatic heterocycles. The molecule has 1 aliphatic rings. The number of halogens is 1. The molecule has 0 radical (unpaired) electrons. The summed E-state index contributed by atoms with van der Waals surface area (Å²) < 4.78 is 13.2. The van der Waals surface area contributed by atoms with Crippen molar-refractivity contribution in [1.82, 2.24) is 0 Å². The van der Waals surface area contributed by atoms with E-state index in [-0.39, 0.29) is 17.4 Å². The van der Waals surface area contributed by atoms with Gasteiger partial charge in [-0.2, -0.15) is 0 Å². The van der Waals surface area contributed by atoms with Gasteiger partial charge in [0, 0.05) is 6.04 Å². The number of nitrogens with zero attached hydrogens (tertiary/aromatic N) is 2. The van der Waals surface area contributed by atoms with Crippen molar-refractivity contribution in [2.45, 2.75) is 25.8 Å². The van der Waals surface area contributed by atoms with Crippen LogP contribution in [0.3, 0.4) is 0 Å². The topological polar surface area (TPSA) is 63.5 Å². The van der Waals surface area contributed by atoms with E-state index in [9.17, 15) is 19.3 Å². The van der Waals surface area contributed by atoms with E-state index >= 15 is 0 Å². The number of hydrogen-bond acceptors (Lipinski definition) is 3. The zero-order valence-electron chi connectivity index (χ0n) is 9.22. The van der Waals surface area contributed by atoms with E-state index in [4.69, 9.17) is 0 Å². The van der Waals surface area contributed by atoms with Gasteiger partial charge in [0.05, 0.1) is 11.0 Å². The number of carbonyl (C=O) groups excluding carboxylic acids is 1. The van der Waals surface area contributed by atoms with Gasteiger partial charge in [-0.25, -0.2) is 4.39 Å². The van der Waals surface area contributed by atoms with E-state index in [1.54, 1.807) is 0 Å². The summed E-state index contributed by atoms with van der Waals surface area (Å²) in [6.07, 6.45) is 1.78. The van der Waals surface area contributed by atoms with E-state index < -0.39 is 10.7 Å². The number of nitro benzene ring substituents is 1. The largest absolute Gasteiger partial charge is 0.306 e. The maximum atomic E-state index is 13.2. The molecule has 0 spiro atoms. The Labute approximate surface area is 97.0 Å². The number of fused-ring (bicyclic) bond motifs is 1. The molecule has 0 aliphatic carbocycles. The van der Waals surface area contributed by atoms with Crippen LogP contribution in [-0.4, -0.2) is 17.4 Å². The number of aryl methyl sites for hydroxylation is 1. The molecule has 1 atom stereocenters. The van der Waals surface area contributed by atoms with Crippen molar-refractivity contribution < 1.29 is 14.1 Å². The molecule has 0 bridgehead atoms. The van der Waals surface area contributed by atoms with Crippen molar-refractivity contribution in [2.24, 2.45) is 0 Å². The summed E-state index contributed by atoms with van der Waals surface area (Å²) in [7, 11) is 0. The fourth-order valence-electron chi connectivity index (χ4n) is 2.15. The number of hydrogen-bond donors (Lipinski definition) is 0. The Morgan fingerprint density at radius 2 is 2.29 bits per heavy atom. The second-order valence-electron chi connectivity index (χ2n) is 4.09. The van der Waals surface area contributed by atoms with Crippen molar-refractivity contribution in [3.05, 3.63) is 33.6 Å². The normalized spacial score (nSPS) is 18.7. The molecule has 1 amide bonds. The zero-order valence-corrected chi connectivity index (χ0v) is 9.22.